The van der Waals surface area contributed by atoms with Gasteiger partial charge in [0.1, 0.15) is 0 Å². The monoisotopic (exact) mass is 279 g/mol. The standard InChI is InChI=1S/C15H15ClFNO/c1-18-9-11-7-12(16)4-5-13(11)10-3-6-15(19-2)14(17)8-10/h3-8,18H,9H2,1-2H3. The van der Waals surface area contributed by atoms with Gasteiger partial charge in [-0.15, -0.1) is 0 Å². The first kappa shape index (κ1) is 13.8. The van der Waals surface area contributed by atoms with Gasteiger partial charge in [-0.2, -0.15) is 0 Å². The average Bonchev–Trinajstić information content (AvgIpc) is 2.39. The van der Waals surface area contributed by atoms with Crippen LogP contribution in [0.25, 0.3) is 11.1 Å². The molecule has 0 aliphatic rings. The molecule has 0 fully saturated rings. The van der Waals surface area contributed by atoms with Crippen LogP contribution in [0.5, 0.6) is 5.75 Å². The maximum Gasteiger partial charge on any atom is 0.165 e. The molecule has 0 atom stereocenters. The molecule has 2 nitrogen and oxygen atoms in total. The summed E-state index contributed by atoms with van der Waals surface area (Å²) in [4.78, 5) is 0. The molecule has 0 bridgehead atoms. The maximum atomic E-state index is 13.8. The van der Waals surface area contributed by atoms with E-state index in [1.54, 1.807) is 12.1 Å². The van der Waals surface area contributed by atoms with E-state index in [0.29, 0.717) is 11.6 Å². The number of benzene rings is 2. The fourth-order valence-electron chi connectivity index (χ4n) is 2.01. The van der Waals surface area contributed by atoms with Crippen molar-refractivity contribution in [1.82, 2.24) is 5.32 Å². The van der Waals surface area contributed by atoms with E-state index < -0.39 is 0 Å². The summed E-state index contributed by atoms with van der Waals surface area (Å²) in [6.45, 7) is 0.670. The number of ether oxygens (including phenoxy) is 1. The Morgan fingerprint density at radius 2 is 2.00 bits per heavy atom. The lowest BCUT2D eigenvalue weighted by atomic mass is 9.99. The van der Waals surface area contributed by atoms with Gasteiger partial charge in [0.15, 0.2) is 11.6 Å². The second-order valence-corrected chi connectivity index (χ2v) is 4.62. The second-order valence-electron chi connectivity index (χ2n) is 4.18. The molecule has 0 aliphatic carbocycles. The Morgan fingerprint density at radius 3 is 2.63 bits per heavy atom. The maximum absolute atomic E-state index is 13.8. The number of halogens is 2. The lowest BCUT2D eigenvalue weighted by molar-refractivity contribution is 0.386. The highest BCUT2D eigenvalue weighted by Crippen LogP contribution is 2.29. The Morgan fingerprint density at radius 1 is 1.21 bits per heavy atom. The van der Waals surface area contributed by atoms with Crippen LogP contribution >= 0.6 is 11.6 Å². The Bertz CT molecular complexity index is 586. The third-order valence-electron chi connectivity index (χ3n) is 2.90. The molecule has 0 aliphatic heterocycles. The van der Waals surface area contributed by atoms with Crippen molar-refractivity contribution < 1.29 is 9.13 Å². The molecule has 2 rings (SSSR count). The highest BCUT2D eigenvalue weighted by atomic mass is 35.5. The van der Waals surface area contributed by atoms with Crippen LogP contribution in [0.1, 0.15) is 5.56 Å². The van der Waals surface area contributed by atoms with Gasteiger partial charge in [-0.05, 0) is 48.0 Å². The van der Waals surface area contributed by atoms with Crippen molar-refractivity contribution in [3.8, 4) is 16.9 Å². The van der Waals surface area contributed by atoms with Crippen molar-refractivity contribution in [2.75, 3.05) is 14.2 Å². The van der Waals surface area contributed by atoms with Crippen molar-refractivity contribution in [2.24, 2.45) is 0 Å². The summed E-state index contributed by atoms with van der Waals surface area (Å²) < 4.78 is 18.7. The van der Waals surface area contributed by atoms with Crippen LogP contribution in [0.3, 0.4) is 0 Å². The minimum atomic E-state index is -0.370. The highest BCUT2D eigenvalue weighted by molar-refractivity contribution is 6.30. The normalized spacial score (nSPS) is 10.5. The van der Waals surface area contributed by atoms with Gasteiger partial charge < -0.3 is 10.1 Å². The quantitative estimate of drug-likeness (QED) is 0.917. The molecule has 0 unspecified atom stereocenters. The second kappa shape index (κ2) is 6.04. The van der Waals surface area contributed by atoms with Gasteiger partial charge in [0, 0.05) is 11.6 Å². The lowest BCUT2D eigenvalue weighted by Gasteiger charge is -2.11. The van der Waals surface area contributed by atoms with Crippen LogP contribution in [0, 0.1) is 5.82 Å². The van der Waals surface area contributed by atoms with Crippen LogP contribution in [0.15, 0.2) is 36.4 Å². The zero-order valence-electron chi connectivity index (χ0n) is 10.8. The van der Waals surface area contributed by atoms with Gasteiger partial charge in [-0.3, -0.25) is 0 Å². The van der Waals surface area contributed by atoms with Crippen LogP contribution in [-0.4, -0.2) is 14.2 Å². The Kier molecular flexibility index (Phi) is 4.40. The minimum Gasteiger partial charge on any atom is -0.494 e. The molecule has 4 heteroatoms. The van der Waals surface area contributed by atoms with Gasteiger partial charge in [0.05, 0.1) is 7.11 Å². The molecule has 1 N–H and O–H groups in total. The third kappa shape index (κ3) is 3.06. The number of nitrogens with one attached hydrogen (secondary N) is 1. The molecule has 2 aromatic carbocycles. The number of rotatable bonds is 4. The van der Waals surface area contributed by atoms with E-state index in [1.165, 1.54) is 13.2 Å². The summed E-state index contributed by atoms with van der Waals surface area (Å²) in [6, 6.07) is 10.5. The van der Waals surface area contributed by atoms with Crippen LogP contribution < -0.4 is 10.1 Å². The smallest absolute Gasteiger partial charge is 0.165 e. The van der Waals surface area contributed by atoms with Crippen molar-refractivity contribution >= 4 is 11.6 Å². The Hall–Kier alpha value is -1.58. The Labute approximate surface area is 117 Å². The predicted octanol–water partition coefficient (Wildman–Crippen LogP) is 3.87. The average molecular weight is 280 g/mol. The van der Waals surface area contributed by atoms with E-state index in [2.05, 4.69) is 5.32 Å². The molecule has 2 aromatic rings. The minimum absolute atomic E-state index is 0.243. The summed E-state index contributed by atoms with van der Waals surface area (Å²) in [6.07, 6.45) is 0. The first-order valence-electron chi connectivity index (χ1n) is 5.92. The predicted molar refractivity (Wildman–Crippen MR) is 76.2 cm³/mol. The van der Waals surface area contributed by atoms with E-state index in [-0.39, 0.29) is 11.6 Å². The molecule has 0 amide bonds. The molecule has 0 radical (unpaired) electrons. The molecular weight excluding hydrogens is 265 g/mol. The molecule has 0 aromatic heterocycles. The molecule has 100 valence electrons. The van der Waals surface area contributed by atoms with Crippen molar-refractivity contribution in [2.45, 2.75) is 6.54 Å². The van der Waals surface area contributed by atoms with Gasteiger partial charge in [-0.1, -0.05) is 23.7 Å². The molecule has 0 heterocycles. The van der Waals surface area contributed by atoms with Crippen molar-refractivity contribution in [3.63, 3.8) is 0 Å². The van der Waals surface area contributed by atoms with Crippen LogP contribution in [0.4, 0.5) is 4.39 Å². The lowest BCUT2D eigenvalue weighted by Crippen LogP contribution is -2.06. The van der Waals surface area contributed by atoms with Gasteiger partial charge >= 0.3 is 0 Å². The number of hydrogen-bond acceptors (Lipinski definition) is 2. The van der Waals surface area contributed by atoms with Gasteiger partial charge in [0.25, 0.3) is 0 Å². The zero-order chi connectivity index (χ0) is 13.8. The number of methoxy groups -OCH3 is 1. The summed E-state index contributed by atoms with van der Waals surface area (Å²) in [5.41, 5.74) is 2.79. The highest BCUT2D eigenvalue weighted by Gasteiger charge is 2.09. The zero-order valence-corrected chi connectivity index (χ0v) is 11.6. The third-order valence-corrected chi connectivity index (χ3v) is 3.13. The Balaban J connectivity index is 2.48. The molecule has 0 saturated carbocycles. The van der Waals surface area contributed by atoms with Gasteiger partial charge in [-0.25, -0.2) is 4.39 Å². The molecule has 0 spiro atoms. The van der Waals surface area contributed by atoms with Crippen LogP contribution in [0.2, 0.25) is 5.02 Å². The SMILES string of the molecule is CNCc1cc(Cl)ccc1-c1ccc(OC)c(F)c1. The summed E-state index contributed by atoms with van der Waals surface area (Å²) in [5.74, 6) is -0.127. The fourth-order valence-corrected chi connectivity index (χ4v) is 2.21. The molecular formula is C15H15ClFNO. The van der Waals surface area contributed by atoms with E-state index in [0.717, 1.165) is 16.7 Å². The molecule has 0 saturated heterocycles. The summed E-state index contributed by atoms with van der Waals surface area (Å²) in [7, 11) is 3.31. The van der Waals surface area contributed by atoms with Gasteiger partial charge in [0.2, 0.25) is 0 Å². The first-order chi connectivity index (χ1) is 9.15. The fraction of sp³-hybridized carbons (Fsp3) is 0.200. The largest absolute Gasteiger partial charge is 0.494 e. The summed E-state index contributed by atoms with van der Waals surface area (Å²) >= 11 is 6.00. The van der Waals surface area contributed by atoms with Crippen molar-refractivity contribution in [3.05, 3.63) is 52.8 Å². The molecule has 19 heavy (non-hydrogen) atoms. The van der Waals surface area contributed by atoms with E-state index in [1.807, 2.05) is 25.2 Å². The van der Waals surface area contributed by atoms with E-state index in [9.17, 15) is 4.39 Å². The summed E-state index contributed by atoms with van der Waals surface area (Å²) in [5, 5.41) is 3.75. The first-order valence-corrected chi connectivity index (χ1v) is 6.30. The van der Waals surface area contributed by atoms with E-state index >= 15 is 0 Å². The van der Waals surface area contributed by atoms with Crippen LogP contribution in [-0.2, 0) is 6.54 Å². The van der Waals surface area contributed by atoms with Crippen molar-refractivity contribution in [1.29, 1.82) is 0 Å². The topological polar surface area (TPSA) is 21.3 Å². The number of hydrogen-bond donors (Lipinski definition) is 1. The van der Waals surface area contributed by atoms with E-state index in [4.69, 9.17) is 16.3 Å².